The van der Waals surface area contributed by atoms with E-state index in [4.69, 9.17) is 0 Å². The molecule has 1 rings (SSSR count). The zero-order valence-electron chi connectivity index (χ0n) is 5.27. The summed E-state index contributed by atoms with van der Waals surface area (Å²) in [5.41, 5.74) is 0. The average molecular weight is 222 g/mol. The molecule has 0 aliphatic carbocycles. The van der Waals surface area contributed by atoms with Crippen LogP contribution in [0.15, 0.2) is 21.8 Å². The molecule has 4 heteroatoms. The number of aromatic nitrogens is 1. The predicted octanol–water partition coefficient (Wildman–Crippen LogP) is 2.71. The molecule has 0 atom stereocenters. The quantitative estimate of drug-likeness (QED) is 0.677. The highest BCUT2D eigenvalue weighted by atomic mass is 79.9. The summed E-state index contributed by atoms with van der Waals surface area (Å²) in [6.45, 7) is 0. The summed E-state index contributed by atoms with van der Waals surface area (Å²) in [5.74, 6) is -0.276. The van der Waals surface area contributed by atoms with Crippen molar-refractivity contribution in [3.05, 3.63) is 22.7 Å². The van der Waals surface area contributed by atoms with E-state index in [1.54, 1.807) is 6.20 Å². The van der Waals surface area contributed by atoms with Crippen molar-refractivity contribution < 1.29 is 4.39 Å². The van der Waals surface area contributed by atoms with Gasteiger partial charge in [-0.2, -0.15) is 0 Å². The fraction of sp³-hybridized carbons (Fsp3) is 0.167. The Morgan fingerprint density at radius 1 is 1.60 bits per heavy atom. The largest absolute Gasteiger partial charge is 0.260 e. The molecule has 0 unspecified atom stereocenters. The summed E-state index contributed by atoms with van der Waals surface area (Å²) in [4.78, 5) is 4.26. The number of pyridine rings is 1. The van der Waals surface area contributed by atoms with Crippen molar-refractivity contribution in [3.8, 4) is 0 Å². The van der Waals surface area contributed by atoms with Crippen LogP contribution >= 0.6 is 27.7 Å². The Hall–Kier alpha value is -0.0900. The van der Waals surface area contributed by atoms with Crippen molar-refractivity contribution in [1.29, 1.82) is 0 Å². The molecule has 1 nitrogen and oxygen atoms in total. The number of nitrogens with zero attached hydrogens (tertiary/aromatic N) is 1. The smallest absolute Gasteiger partial charge is 0.156 e. The fourth-order valence-electron chi connectivity index (χ4n) is 0.594. The van der Waals surface area contributed by atoms with Gasteiger partial charge >= 0.3 is 0 Å². The van der Waals surface area contributed by atoms with Gasteiger partial charge in [-0.1, -0.05) is 0 Å². The molecule has 0 saturated carbocycles. The molecule has 0 fully saturated rings. The highest BCUT2D eigenvalue weighted by Gasteiger charge is 2.03. The molecule has 0 aliphatic rings. The third-order valence-electron chi connectivity index (χ3n) is 1.01. The summed E-state index contributed by atoms with van der Waals surface area (Å²) in [5, 5.41) is 0. The molecule has 1 aromatic heterocycles. The second-order valence-electron chi connectivity index (χ2n) is 1.64. The van der Waals surface area contributed by atoms with Crippen LogP contribution in [0.4, 0.5) is 4.39 Å². The SMILES string of the molecule is CSc1c(F)cncc1Br. The van der Waals surface area contributed by atoms with Crippen LogP contribution in [0, 0.1) is 5.82 Å². The van der Waals surface area contributed by atoms with Gasteiger partial charge in [0.1, 0.15) is 0 Å². The first-order chi connectivity index (χ1) is 4.75. The minimum atomic E-state index is -0.276. The minimum absolute atomic E-state index is 0.276. The lowest BCUT2D eigenvalue weighted by atomic mass is 10.5. The van der Waals surface area contributed by atoms with E-state index in [0.717, 1.165) is 0 Å². The van der Waals surface area contributed by atoms with Crippen molar-refractivity contribution in [1.82, 2.24) is 4.98 Å². The van der Waals surface area contributed by atoms with Gasteiger partial charge in [-0.25, -0.2) is 4.39 Å². The van der Waals surface area contributed by atoms with Gasteiger partial charge in [-0.3, -0.25) is 4.98 Å². The highest BCUT2D eigenvalue weighted by Crippen LogP contribution is 2.26. The lowest BCUT2D eigenvalue weighted by Gasteiger charge is -1.98. The predicted molar refractivity (Wildman–Crippen MR) is 43.7 cm³/mol. The number of halogens is 2. The number of hydrogen-bond donors (Lipinski definition) is 0. The first-order valence-electron chi connectivity index (χ1n) is 2.58. The Kier molecular flexibility index (Phi) is 2.68. The minimum Gasteiger partial charge on any atom is -0.260 e. The molecule has 0 radical (unpaired) electrons. The molecule has 0 N–H and O–H groups in total. The van der Waals surface area contributed by atoms with Crippen LogP contribution < -0.4 is 0 Å². The maximum absolute atomic E-state index is 12.7. The van der Waals surface area contributed by atoms with Crippen LogP contribution in [0.5, 0.6) is 0 Å². The summed E-state index contributed by atoms with van der Waals surface area (Å²) in [6, 6.07) is 0. The van der Waals surface area contributed by atoms with Crippen LogP contribution in [0.25, 0.3) is 0 Å². The zero-order valence-corrected chi connectivity index (χ0v) is 7.67. The second kappa shape index (κ2) is 3.34. The van der Waals surface area contributed by atoms with Gasteiger partial charge in [0.15, 0.2) is 5.82 Å². The van der Waals surface area contributed by atoms with E-state index in [1.807, 2.05) is 6.26 Å². The first kappa shape index (κ1) is 8.01. The van der Waals surface area contributed by atoms with Gasteiger partial charge in [0.25, 0.3) is 0 Å². The van der Waals surface area contributed by atoms with Crippen molar-refractivity contribution >= 4 is 27.7 Å². The van der Waals surface area contributed by atoms with E-state index >= 15 is 0 Å². The summed E-state index contributed by atoms with van der Waals surface area (Å²) < 4.78 is 13.4. The molecule has 54 valence electrons. The van der Waals surface area contributed by atoms with E-state index in [-0.39, 0.29) is 5.82 Å². The van der Waals surface area contributed by atoms with Crippen LogP contribution in [0.3, 0.4) is 0 Å². The Morgan fingerprint density at radius 2 is 2.30 bits per heavy atom. The van der Waals surface area contributed by atoms with Crippen LogP contribution in [-0.4, -0.2) is 11.2 Å². The van der Waals surface area contributed by atoms with E-state index < -0.39 is 0 Å². The maximum Gasteiger partial charge on any atom is 0.156 e. The zero-order chi connectivity index (χ0) is 7.56. The Bertz CT molecular complexity index is 221. The molecule has 0 aliphatic heterocycles. The third kappa shape index (κ3) is 1.49. The van der Waals surface area contributed by atoms with E-state index in [1.165, 1.54) is 18.0 Å². The first-order valence-corrected chi connectivity index (χ1v) is 4.60. The number of hydrogen-bond acceptors (Lipinski definition) is 2. The van der Waals surface area contributed by atoms with Crippen molar-refractivity contribution in [3.63, 3.8) is 0 Å². The molecular formula is C6H5BrFNS. The molecule has 0 spiro atoms. The van der Waals surface area contributed by atoms with Crippen LogP contribution in [0.1, 0.15) is 0 Å². The average Bonchev–Trinajstić information content (AvgIpc) is 1.88. The Labute approximate surface area is 71.2 Å². The molecule has 1 aromatic rings. The molecule has 0 amide bonds. The number of thioether (sulfide) groups is 1. The molecule has 10 heavy (non-hydrogen) atoms. The molecule has 1 heterocycles. The van der Waals surface area contributed by atoms with Gasteiger partial charge in [-0.15, -0.1) is 11.8 Å². The van der Waals surface area contributed by atoms with Crippen molar-refractivity contribution in [2.45, 2.75) is 4.90 Å². The standard InChI is InChI=1S/C6H5BrFNS/c1-10-6-4(7)2-9-3-5(6)8/h2-3H,1H3. The topological polar surface area (TPSA) is 12.9 Å². The normalized spacial score (nSPS) is 9.90. The number of rotatable bonds is 1. The van der Waals surface area contributed by atoms with Crippen LogP contribution in [-0.2, 0) is 0 Å². The third-order valence-corrected chi connectivity index (χ3v) is 2.70. The lowest BCUT2D eigenvalue weighted by Crippen LogP contribution is -1.83. The van der Waals surface area contributed by atoms with Crippen molar-refractivity contribution in [2.24, 2.45) is 0 Å². The monoisotopic (exact) mass is 221 g/mol. The van der Waals surface area contributed by atoms with E-state index in [0.29, 0.717) is 9.37 Å². The van der Waals surface area contributed by atoms with Gasteiger partial charge < -0.3 is 0 Å². The molecule has 0 aromatic carbocycles. The van der Waals surface area contributed by atoms with Crippen LogP contribution in [0.2, 0.25) is 0 Å². The fourth-order valence-corrected chi connectivity index (χ4v) is 1.88. The summed E-state index contributed by atoms with van der Waals surface area (Å²) >= 11 is 4.54. The molecule has 0 bridgehead atoms. The maximum atomic E-state index is 12.7. The highest BCUT2D eigenvalue weighted by molar-refractivity contribution is 9.10. The summed E-state index contributed by atoms with van der Waals surface area (Å²) in [6.07, 6.45) is 4.61. The van der Waals surface area contributed by atoms with E-state index in [9.17, 15) is 4.39 Å². The van der Waals surface area contributed by atoms with Crippen molar-refractivity contribution in [2.75, 3.05) is 6.26 Å². The Balaban J connectivity index is 3.17. The second-order valence-corrected chi connectivity index (χ2v) is 3.31. The van der Waals surface area contributed by atoms with Gasteiger partial charge in [0, 0.05) is 6.20 Å². The lowest BCUT2D eigenvalue weighted by molar-refractivity contribution is 0.593. The van der Waals surface area contributed by atoms with E-state index in [2.05, 4.69) is 20.9 Å². The molecular weight excluding hydrogens is 217 g/mol. The van der Waals surface area contributed by atoms with Gasteiger partial charge in [-0.05, 0) is 22.2 Å². The molecule has 0 saturated heterocycles. The summed E-state index contributed by atoms with van der Waals surface area (Å²) in [7, 11) is 0. The Morgan fingerprint density at radius 3 is 2.70 bits per heavy atom. The van der Waals surface area contributed by atoms with Gasteiger partial charge in [0.2, 0.25) is 0 Å². The van der Waals surface area contributed by atoms with Gasteiger partial charge in [0.05, 0.1) is 15.6 Å².